The third-order valence-corrected chi connectivity index (χ3v) is 9.46. The first kappa shape index (κ1) is 23.9. The van der Waals surface area contributed by atoms with Gasteiger partial charge in [0.25, 0.3) is 0 Å². The number of phosphoric ester groups is 1. The van der Waals surface area contributed by atoms with Crippen LogP contribution in [-0.2, 0) is 21.8 Å². The van der Waals surface area contributed by atoms with Crippen LogP contribution in [0.15, 0.2) is 24.3 Å². The van der Waals surface area contributed by atoms with E-state index in [0.29, 0.717) is 17.9 Å². The highest BCUT2D eigenvalue weighted by Gasteiger charge is 2.40. The first-order chi connectivity index (χ1) is 16.1. The molecular formula is C29H39O4P. The van der Waals surface area contributed by atoms with E-state index in [1.165, 1.54) is 49.7 Å². The predicted molar refractivity (Wildman–Crippen MR) is 137 cm³/mol. The van der Waals surface area contributed by atoms with E-state index < -0.39 is 7.82 Å². The Hall–Kier alpha value is -1.77. The normalized spacial score (nSPS) is 22.9. The van der Waals surface area contributed by atoms with E-state index >= 15 is 0 Å². The molecule has 2 aromatic rings. The molecule has 2 aliphatic carbocycles. The molecule has 0 saturated heterocycles. The molecule has 34 heavy (non-hydrogen) atoms. The lowest BCUT2D eigenvalue weighted by molar-refractivity contribution is 0.267. The average molecular weight is 483 g/mol. The molecule has 2 aromatic carbocycles. The fourth-order valence-electron chi connectivity index (χ4n) is 6.73. The fourth-order valence-corrected chi connectivity index (χ4v) is 7.66. The van der Waals surface area contributed by atoms with Gasteiger partial charge in [-0.25, -0.2) is 4.57 Å². The van der Waals surface area contributed by atoms with Crippen LogP contribution in [-0.4, -0.2) is 4.89 Å². The second-order valence-corrected chi connectivity index (χ2v) is 13.0. The second kappa shape index (κ2) is 8.71. The number of rotatable bonds is 2. The van der Waals surface area contributed by atoms with E-state index in [0.717, 1.165) is 47.9 Å². The summed E-state index contributed by atoms with van der Waals surface area (Å²) in [6, 6.07) is 8.59. The smallest absolute Gasteiger partial charge is 0.395 e. The lowest BCUT2D eigenvalue weighted by Crippen LogP contribution is -2.28. The summed E-state index contributed by atoms with van der Waals surface area (Å²) in [5, 5.41) is 0. The van der Waals surface area contributed by atoms with Crippen molar-refractivity contribution in [2.45, 2.75) is 109 Å². The molecule has 0 aromatic heterocycles. The molecule has 5 heteroatoms. The highest BCUT2D eigenvalue weighted by Crippen LogP contribution is 2.56. The molecule has 2 saturated carbocycles. The van der Waals surface area contributed by atoms with Crippen molar-refractivity contribution in [3.63, 3.8) is 0 Å². The molecule has 5 rings (SSSR count). The maximum absolute atomic E-state index is 13.5. The molecule has 0 unspecified atom stereocenters. The zero-order chi connectivity index (χ0) is 24.1. The van der Waals surface area contributed by atoms with Gasteiger partial charge in [0.1, 0.15) is 11.5 Å². The number of hydrogen-bond donors (Lipinski definition) is 1. The molecule has 1 heterocycles. The van der Waals surface area contributed by atoms with Gasteiger partial charge >= 0.3 is 7.82 Å². The Morgan fingerprint density at radius 2 is 1.09 bits per heavy atom. The van der Waals surface area contributed by atoms with Crippen molar-refractivity contribution >= 4 is 7.82 Å². The molecular weight excluding hydrogens is 443 g/mol. The minimum atomic E-state index is -4.37. The summed E-state index contributed by atoms with van der Waals surface area (Å²) < 4.78 is 25.5. The summed E-state index contributed by atoms with van der Waals surface area (Å²) in [5.41, 5.74) is 6.36. The molecule has 1 aliphatic heterocycles. The van der Waals surface area contributed by atoms with Gasteiger partial charge in [0.05, 0.1) is 0 Å². The Kier molecular flexibility index (Phi) is 6.14. The van der Waals surface area contributed by atoms with Gasteiger partial charge in [-0.3, -0.25) is 4.89 Å². The van der Waals surface area contributed by atoms with E-state index in [2.05, 4.69) is 52.0 Å². The number of hydrogen-bond acceptors (Lipinski definition) is 3. The Bertz CT molecular complexity index is 1050. The highest BCUT2D eigenvalue weighted by molar-refractivity contribution is 7.48. The molecule has 2 fully saturated rings. The van der Waals surface area contributed by atoms with Crippen molar-refractivity contribution in [1.82, 2.24) is 0 Å². The number of phosphoric acid groups is 1. The fraction of sp³-hybridized carbons (Fsp3) is 0.586. The summed E-state index contributed by atoms with van der Waals surface area (Å²) in [6.07, 6.45) is 12.1. The maximum Gasteiger partial charge on any atom is 0.584 e. The molecule has 0 spiro atoms. The molecule has 3 aliphatic rings. The summed E-state index contributed by atoms with van der Waals surface area (Å²) in [6.45, 7) is 8.81. The van der Waals surface area contributed by atoms with Gasteiger partial charge in [-0.05, 0) is 61.5 Å². The first-order valence-corrected chi connectivity index (χ1v) is 14.6. The third-order valence-electron chi connectivity index (χ3n) is 8.63. The maximum atomic E-state index is 13.5. The summed E-state index contributed by atoms with van der Waals surface area (Å²) in [5.74, 6) is 1.14. The van der Waals surface area contributed by atoms with Crippen LogP contribution in [0.2, 0.25) is 0 Å². The Balaban J connectivity index is 1.68. The van der Waals surface area contributed by atoms with Gasteiger partial charge in [-0.2, -0.15) is 0 Å². The zero-order valence-corrected chi connectivity index (χ0v) is 22.1. The Morgan fingerprint density at radius 1 is 0.706 bits per heavy atom. The van der Waals surface area contributed by atoms with Gasteiger partial charge < -0.3 is 9.05 Å². The van der Waals surface area contributed by atoms with E-state index in [-0.39, 0.29) is 10.8 Å². The summed E-state index contributed by atoms with van der Waals surface area (Å²) in [7, 11) is -4.37. The Morgan fingerprint density at radius 3 is 1.47 bits per heavy atom. The van der Waals surface area contributed by atoms with E-state index in [1.807, 2.05) is 0 Å². The van der Waals surface area contributed by atoms with Gasteiger partial charge in [0.2, 0.25) is 0 Å². The second-order valence-electron chi connectivity index (χ2n) is 11.7. The van der Waals surface area contributed by atoms with Gasteiger partial charge in [-0.1, -0.05) is 87.8 Å². The van der Waals surface area contributed by atoms with Crippen molar-refractivity contribution in [2.75, 3.05) is 0 Å². The average Bonchev–Trinajstić information content (AvgIpc) is 2.77. The summed E-state index contributed by atoms with van der Waals surface area (Å²) >= 11 is 0. The minimum absolute atomic E-state index is 0.0519. The monoisotopic (exact) mass is 482 g/mol. The van der Waals surface area contributed by atoms with Crippen LogP contribution in [0.3, 0.4) is 0 Å². The molecule has 0 atom stereocenters. The molecule has 0 amide bonds. The lowest BCUT2D eigenvalue weighted by atomic mass is 9.69. The Labute approximate surface area is 204 Å². The van der Waals surface area contributed by atoms with Crippen LogP contribution in [0.4, 0.5) is 0 Å². The highest BCUT2D eigenvalue weighted by atomic mass is 31.2. The number of fused-ring (bicyclic) bond motifs is 2. The van der Waals surface area contributed by atoms with Crippen LogP contribution in [0.5, 0.6) is 11.5 Å². The van der Waals surface area contributed by atoms with Crippen LogP contribution >= 0.6 is 7.82 Å². The van der Waals surface area contributed by atoms with Crippen molar-refractivity contribution in [1.29, 1.82) is 0 Å². The first-order valence-electron chi connectivity index (χ1n) is 13.1. The van der Waals surface area contributed by atoms with Crippen molar-refractivity contribution < 1.29 is 18.5 Å². The molecule has 184 valence electrons. The van der Waals surface area contributed by atoms with Gasteiger partial charge in [0.15, 0.2) is 0 Å². The minimum Gasteiger partial charge on any atom is -0.395 e. The van der Waals surface area contributed by atoms with Crippen molar-refractivity contribution in [3.8, 4) is 11.5 Å². The lowest BCUT2D eigenvalue weighted by Gasteiger charge is -2.38. The van der Waals surface area contributed by atoms with Crippen LogP contribution < -0.4 is 9.05 Å². The van der Waals surface area contributed by atoms with Gasteiger partial charge in [0, 0.05) is 17.5 Å². The van der Waals surface area contributed by atoms with Crippen molar-refractivity contribution in [2.24, 2.45) is 0 Å². The van der Waals surface area contributed by atoms with E-state index in [4.69, 9.17) is 9.05 Å². The summed E-state index contributed by atoms with van der Waals surface area (Å²) in [4.78, 5) is 11.0. The van der Waals surface area contributed by atoms with Gasteiger partial charge in [-0.15, -0.1) is 0 Å². The quantitative estimate of drug-likeness (QED) is 0.438. The van der Waals surface area contributed by atoms with Crippen LogP contribution in [0, 0.1) is 13.8 Å². The molecule has 0 radical (unpaired) electrons. The van der Waals surface area contributed by atoms with Crippen LogP contribution in [0.25, 0.3) is 0 Å². The number of aryl methyl sites for hydroxylation is 2. The third kappa shape index (κ3) is 4.44. The molecule has 0 bridgehead atoms. The topological polar surface area (TPSA) is 55.8 Å². The van der Waals surface area contributed by atoms with E-state index in [9.17, 15) is 9.46 Å². The largest absolute Gasteiger partial charge is 0.584 e. The predicted octanol–water partition coefficient (Wildman–Crippen LogP) is 8.21. The standard InChI is InChI=1S/C29H39O4P/c1-20-15-22-19-23-16-21(2)18-25(29(4)13-9-6-10-14-29)27(23)33-34(30,31)32-26(22)24(17-20)28(3)11-7-5-8-12-28/h15-18H,5-14,19H2,1-4H3,(H,30,31). The number of benzene rings is 2. The van der Waals surface area contributed by atoms with E-state index in [1.54, 1.807) is 0 Å². The molecule has 1 N–H and O–H groups in total. The molecule has 4 nitrogen and oxygen atoms in total. The van der Waals surface area contributed by atoms with Crippen LogP contribution in [0.1, 0.15) is 111 Å². The zero-order valence-electron chi connectivity index (χ0n) is 21.2. The SMILES string of the molecule is Cc1cc2c(c(C3(C)CCCCC3)c1)OP(=O)(O)Oc1c(cc(C)cc1C1(C)CCCCC1)C2. The van der Waals surface area contributed by atoms with Crippen molar-refractivity contribution in [3.05, 3.63) is 57.6 Å².